The number of ketones is 1. The van der Waals surface area contributed by atoms with Gasteiger partial charge >= 0.3 is 0 Å². The highest BCUT2D eigenvalue weighted by Gasteiger charge is 2.41. The van der Waals surface area contributed by atoms with Crippen LogP contribution in [0.1, 0.15) is 27.7 Å². The molecule has 0 bridgehead atoms. The summed E-state index contributed by atoms with van der Waals surface area (Å²) in [7, 11) is 0. The van der Waals surface area contributed by atoms with Crippen LogP contribution in [0.3, 0.4) is 0 Å². The summed E-state index contributed by atoms with van der Waals surface area (Å²) in [4.78, 5) is 9.87. The summed E-state index contributed by atoms with van der Waals surface area (Å²) < 4.78 is 0. The lowest BCUT2D eigenvalue weighted by Crippen LogP contribution is -2.49. The van der Waals surface area contributed by atoms with Crippen molar-refractivity contribution in [3.63, 3.8) is 0 Å². The minimum atomic E-state index is -1.44. The Morgan fingerprint density at radius 3 is 1.70 bits per heavy atom. The first-order valence-corrected chi connectivity index (χ1v) is 3.49. The highest BCUT2D eigenvalue weighted by molar-refractivity contribution is 6.26. The van der Waals surface area contributed by atoms with Crippen LogP contribution in [0.4, 0.5) is 0 Å². The lowest BCUT2D eigenvalue weighted by atomic mass is 9.88. The fourth-order valence-corrected chi connectivity index (χ4v) is 0.552. The van der Waals surface area contributed by atoms with Gasteiger partial charge in [-0.3, -0.25) is 4.79 Å². The lowest BCUT2D eigenvalue weighted by molar-refractivity contribution is -0.135. The minimum absolute atomic E-state index is 0.312. The molecule has 3 heteroatoms. The van der Waals surface area contributed by atoms with Crippen LogP contribution in [-0.4, -0.2) is 21.4 Å². The van der Waals surface area contributed by atoms with E-state index >= 15 is 0 Å². The molecule has 0 aromatic heterocycles. The Morgan fingerprint density at radius 1 is 1.40 bits per heavy atom. The molecular weight excluding hydrogens is 152 g/mol. The number of halogens is 1. The van der Waals surface area contributed by atoms with Crippen LogP contribution in [-0.2, 0) is 4.79 Å². The zero-order chi connectivity index (χ0) is 8.58. The second kappa shape index (κ2) is 2.51. The normalized spacial score (nSPS) is 18.2. The van der Waals surface area contributed by atoms with Crippen molar-refractivity contribution >= 4 is 17.4 Å². The van der Waals surface area contributed by atoms with Crippen molar-refractivity contribution in [1.82, 2.24) is 0 Å². The largest absolute Gasteiger partial charge is 0.381 e. The van der Waals surface area contributed by atoms with Gasteiger partial charge in [-0.05, 0) is 27.7 Å². The van der Waals surface area contributed by atoms with Crippen LogP contribution in [0.5, 0.6) is 0 Å². The maximum atomic E-state index is 10.8. The first-order valence-electron chi connectivity index (χ1n) is 3.12. The van der Waals surface area contributed by atoms with Crippen LogP contribution in [0.25, 0.3) is 0 Å². The molecule has 0 rings (SSSR count). The molecule has 0 aromatic carbocycles. The highest BCUT2D eigenvalue weighted by atomic mass is 35.5. The summed E-state index contributed by atoms with van der Waals surface area (Å²) >= 11 is 5.75. The number of rotatable bonds is 2. The van der Waals surface area contributed by atoms with Crippen molar-refractivity contribution < 1.29 is 9.90 Å². The molecule has 0 heterocycles. The molecule has 0 aliphatic rings. The van der Waals surface area contributed by atoms with Crippen molar-refractivity contribution in [2.75, 3.05) is 0 Å². The van der Waals surface area contributed by atoms with E-state index in [9.17, 15) is 9.90 Å². The monoisotopic (exact) mass is 164 g/mol. The van der Waals surface area contributed by atoms with E-state index in [2.05, 4.69) is 0 Å². The lowest BCUT2D eigenvalue weighted by Gasteiger charge is -2.32. The molecule has 0 radical (unpaired) electrons. The van der Waals surface area contributed by atoms with Crippen molar-refractivity contribution in [2.24, 2.45) is 0 Å². The SMILES string of the molecule is CC(=O)C(C)(O)C(C)(C)Cl. The molecule has 0 aromatic rings. The third kappa shape index (κ3) is 1.70. The Bertz CT molecular complexity index is 144. The van der Waals surface area contributed by atoms with Crippen molar-refractivity contribution in [1.29, 1.82) is 0 Å². The Labute approximate surface area is 66.2 Å². The fraction of sp³-hybridized carbons (Fsp3) is 0.857. The average Bonchev–Trinajstić information content (AvgIpc) is 1.62. The highest BCUT2D eigenvalue weighted by Crippen LogP contribution is 2.28. The Balaban J connectivity index is 4.57. The molecule has 1 unspecified atom stereocenters. The van der Waals surface area contributed by atoms with Crippen LogP contribution < -0.4 is 0 Å². The molecule has 2 nitrogen and oxygen atoms in total. The van der Waals surface area contributed by atoms with Crippen LogP contribution in [0.15, 0.2) is 0 Å². The van der Waals surface area contributed by atoms with Crippen molar-refractivity contribution in [2.45, 2.75) is 38.2 Å². The number of aliphatic hydroxyl groups is 1. The van der Waals surface area contributed by atoms with Crippen LogP contribution in [0, 0.1) is 0 Å². The number of hydrogen-bond donors (Lipinski definition) is 1. The molecule has 1 atom stereocenters. The Morgan fingerprint density at radius 2 is 1.70 bits per heavy atom. The maximum absolute atomic E-state index is 10.8. The van der Waals surface area contributed by atoms with Gasteiger partial charge in [-0.1, -0.05) is 0 Å². The summed E-state index contributed by atoms with van der Waals surface area (Å²) in [5.41, 5.74) is -1.44. The summed E-state index contributed by atoms with van der Waals surface area (Å²) in [5, 5.41) is 9.45. The molecule has 1 N–H and O–H groups in total. The van der Waals surface area contributed by atoms with Gasteiger partial charge in [0.25, 0.3) is 0 Å². The van der Waals surface area contributed by atoms with Gasteiger partial charge in [-0.15, -0.1) is 11.6 Å². The molecule has 60 valence electrons. The van der Waals surface area contributed by atoms with E-state index in [0.29, 0.717) is 0 Å². The van der Waals surface area contributed by atoms with Crippen molar-refractivity contribution in [3.05, 3.63) is 0 Å². The minimum Gasteiger partial charge on any atom is -0.381 e. The van der Waals surface area contributed by atoms with Gasteiger partial charge in [0.15, 0.2) is 5.78 Å². The fourth-order valence-electron chi connectivity index (χ4n) is 0.419. The summed E-state index contributed by atoms with van der Waals surface area (Å²) in [6, 6.07) is 0. The number of carbonyl (C=O) groups is 1. The van der Waals surface area contributed by atoms with Gasteiger partial charge in [0.1, 0.15) is 5.60 Å². The van der Waals surface area contributed by atoms with Crippen LogP contribution in [0.2, 0.25) is 0 Å². The zero-order valence-electron chi connectivity index (χ0n) is 6.73. The summed E-state index contributed by atoms with van der Waals surface area (Å²) in [6.07, 6.45) is 0. The van der Waals surface area contributed by atoms with E-state index in [4.69, 9.17) is 11.6 Å². The third-order valence-corrected chi connectivity index (χ3v) is 2.21. The van der Waals surface area contributed by atoms with Gasteiger partial charge in [-0.25, -0.2) is 0 Å². The van der Waals surface area contributed by atoms with Gasteiger partial charge in [0.2, 0.25) is 0 Å². The predicted molar refractivity (Wildman–Crippen MR) is 41.2 cm³/mol. The first kappa shape index (κ1) is 9.92. The standard InChI is InChI=1S/C7H13ClO2/c1-5(9)7(4,10)6(2,3)8/h10H,1-4H3. The number of Topliss-reactive ketones (excluding diaryl/α,β-unsaturated/α-hetero) is 1. The van der Waals surface area contributed by atoms with E-state index in [1.807, 2.05) is 0 Å². The van der Waals surface area contributed by atoms with Gasteiger partial charge in [0, 0.05) is 0 Å². The van der Waals surface area contributed by atoms with E-state index in [1.165, 1.54) is 13.8 Å². The quantitative estimate of drug-likeness (QED) is 0.626. The Kier molecular flexibility index (Phi) is 2.49. The second-order valence-corrected chi connectivity index (χ2v) is 4.05. The number of carbonyl (C=O) groups excluding carboxylic acids is 1. The molecule has 0 saturated heterocycles. The van der Waals surface area contributed by atoms with Gasteiger partial charge in [0.05, 0.1) is 4.87 Å². The van der Waals surface area contributed by atoms with E-state index < -0.39 is 10.5 Å². The molecule has 0 fully saturated rings. The van der Waals surface area contributed by atoms with Crippen molar-refractivity contribution in [3.8, 4) is 0 Å². The molecular formula is C7H13ClO2. The molecule has 0 aliphatic heterocycles. The van der Waals surface area contributed by atoms with E-state index in [1.54, 1.807) is 13.8 Å². The topological polar surface area (TPSA) is 37.3 Å². The molecule has 0 amide bonds. The molecule has 0 aliphatic carbocycles. The first-order chi connectivity index (χ1) is 4.19. The summed E-state index contributed by atoms with van der Waals surface area (Å²) in [6.45, 7) is 5.96. The molecule has 0 saturated carbocycles. The molecule has 0 spiro atoms. The third-order valence-electron chi connectivity index (χ3n) is 1.84. The van der Waals surface area contributed by atoms with Gasteiger partial charge in [-0.2, -0.15) is 0 Å². The molecule has 10 heavy (non-hydrogen) atoms. The Hall–Kier alpha value is -0.0800. The van der Waals surface area contributed by atoms with Gasteiger partial charge < -0.3 is 5.11 Å². The zero-order valence-corrected chi connectivity index (χ0v) is 7.49. The second-order valence-electron chi connectivity index (χ2n) is 3.10. The summed E-state index contributed by atoms with van der Waals surface area (Å²) in [5.74, 6) is -0.312. The van der Waals surface area contributed by atoms with E-state index in [-0.39, 0.29) is 5.78 Å². The predicted octanol–water partition coefficient (Wildman–Crippen LogP) is 1.34. The van der Waals surface area contributed by atoms with Crippen LogP contribution >= 0.6 is 11.6 Å². The number of alkyl halides is 1. The smallest absolute Gasteiger partial charge is 0.162 e. The average molecular weight is 165 g/mol. The van der Waals surface area contributed by atoms with E-state index in [0.717, 1.165) is 0 Å². The maximum Gasteiger partial charge on any atom is 0.162 e. The number of hydrogen-bond acceptors (Lipinski definition) is 2.